The molecular weight excluding hydrogens is 308 g/mol. The summed E-state index contributed by atoms with van der Waals surface area (Å²) in [6.45, 7) is 6.75. The van der Waals surface area contributed by atoms with E-state index in [1.165, 1.54) is 11.6 Å². The Morgan fingerprint density at radius 2 is 1.92 bits per heavy atom. The van der Waals surface area contributed by atoms with Gasteiger partial charge in [0.1, 0.15) is 17.0 Å². The Morgan fingerprint density at radius 3 is 2.58 bits per heavy atom. The van der Waals surface area contributed by atoms with Gasteiger partial charge in [0.25, 0.3) is 5.56 Å². The van der Waals surface area contributed by atoms with Crippen LogP contribution < -0.4 is 10.3 Å². The third kappa shape index (κ3) is 2.50. The first-order valence-electron chi connectivity index (χ1n) is 7.56. The highest BCUT2D eigenvalue weighted by molar-refractivity contribution is 5.97. The summed E-state index contributed by atoms with van der Waals surface area (Å²) < 4.78 is 12.4. The van der Waals surface area contributed by atoms with E-state index in [1.54, 1.807) is 20.9 Å². The van der Waals surface area contributed by atoms with Gasteiger partial charge in [0.2, 0.25) is 0 Å². The summed E-state index contributed by atoms with van der Waals surface area (Å²) in [5.41, 5.74) is 2.79. The van der Waals surface area contributed by atoms with Gasteiger partial charge in [-0.15, -0.1) is 0 Å². The van der Waals surface area contributed by atoms with Crippen LogP contribution in [-0.2, 0) is 11.8 Å². The van der Waals surface area contributed by atoms with Crippen molar-refractivity contribution in [1.29, 1.82) is 0 Å². The minimum atomic E-state index is -0.504. The second-order valence-electron chi connectivity index (χ2n) is 5.84. The summed E-state index contributed by atoms with van der Waals surface area (Å²) in [6.07, 6.45) is 0. The number of benzene rings is 1. The monoisotopic (exact) mass is 326 g/mol. The number of nitrogens with zero attached hydrogens (tertiary/aromatic N) is 2. The zero-order valence-corrected chi connectivity index (χ0v) is 14.3. The van der Waals surface area contributed by atoms with Crippen molar-refractivity contribution in [2.45, 2.75) is 27.7 Å². The quantitative estimate of drug-likeness (QED) is 0.677. The number of fused-ring (bicyclic) bond motifs is 1. The molecule has 0 saturated carbocycles. The van der Waals surface area contributed by atoms with Crippen LogP contribution in [0.1, 0.15) is 23.9 Å². The molecule has 3 aromatic rings. The number of aryl methyl sites for hydroxylation is 4. The average Bonchev–Trinajstić information content (AvgIpc) is 2.80. The Hall–Kier alpha value is -2.89. The molecule has 0 N–H and O–H groups in total. The third-order valence-electron chi connectivity index (χ3n) is 3.88. The van der Waals surface area contributed by atoms with Crippen LogP contribution in [0.3, 0.4) is 0 Å². The van der Waals surface area contributed by atoms with E-state index < -0.39 is 5.97 Å². The maximum Gasteiger partial charge on any atom is 0.308 e. The Balaban J connectivity index is 2.44. The smallest absolute Gasteiger partial charge is 0.308 e. The molecule has 0 radical (unpaired) electrons. The van der Waals surface area contributed by atoms with E-state index in [4.69, 9.17) is 9.15 Å². The maximum absolute atomic E-state index is 12.8. The van der Waals surface area contributed by atoms with Crippen molar-refractivity contribution in [2.24, 2.45) is 7.05 Å². The number of esters is 1. The number of carbonyl (C=O) groups is 1. The highest BCUT2D eigenvalue weighted by Crippen LogP contribution is 2.38. The molecule has 6 nitrogen and oxygen atoms in total. The molecule has 0 saturated heterocycles. The molecule has 0 aliphatic rings. The summed E-state index contributed by atoms with van der Waals surface area (Å²) >= 11 is 0. The molecule has 124 valence electrons. The average molecular weight is 326 g/mol. The van der Waals surface area contributed by atoms with Gasteiger partial charge in [-0.25, -0.2) is 4.68 Å². The summed E-state index contributed by atoms with van der Waals surface area (Å²) in [7, 11) is 1.57. The van der Waals surface area contributed by atoms with Crippen molar-refractivity contribution >= 4 is 16.9 Å². The first-order chi connectivity index (χ1) is 11.3. The molecule has 0 bridgehead atoms. The molecule has 0 aliphatic heterocycles. The van der Waals surface area contributed by atoms with Crippen molar-refractivity contribution in [1.82, 2.24) is 9.78 Å². The Bertz CT molecular complexity index is 1030. The second kappa shape index (κ2) is 5.63. The summed E-state index contributed by atoms with van der Waals surface area (Å²) in [5, 5.41) is 4.92. The van der Waals surface area contributed by atoms with Crippen LogP contribution >= 0.6 is 0 Å². The Morgan fingerprint density at radius 1 is 1.21 bits per heavy atom. The normalized spacial score (nSPS) is 11.0. The summed E-state index contributed by atoms with van der Waals surface area (Å²) in [5.74, 6) is 0.263. The maximum atomic E-state index is 12.8. The van der Waals surface area contributed by atoms with Gasteiger partial charge in [0.05, 0.1) is 5.56 Å². The molecule has 0 amide bonds. The zero-order chi connectivity index (χ0) is 17.6. The molecule has 24 heavy (non-hydrogen) atoms. The standard InChI is InChI=1S/C18H18N2O4/c1-9-6-7-13-14(8-9)23-11(3)15(13)16-17(24-12(4)21)10(2)19-20(5)18(16)22/h6-8H,1-5H3. The number of aromatic nitrogens is 2. The lowest BCUT2D eigenvalue weighted by molar-refractivity contribution is -0.131. The topological polar surface area (TPSA) is 74.3 Å². The van der Waals surface area contributed by atoms with Crippen molar-refractivity contribution < 1.29 is 13.9 Å². The molecule has 6 heteroatoms. The number of hydrogen-bond donors (Lipinski definition) is 0. The fourth-order valence-corrected chi connectivity index (χ4v) is 2.88. The van der Waals surface area contributed by atoms with Crippen molar-refractivity contribution in [3.05, 3.63) is 45.6 Å². The molecular formula is C18H18N2O4. The summed E-state index contributed by atoms with van der Waals surface area (Å²) in [4.78, 5) is 24.2. The van der Waals surface area contributed by atoms with Gasteiger partial charge in [-0.3, -0.25) is 9.59 Å². The third-order valence-corrected chi connectivity index (χ3v) is 3.88. The fourth-order valence-electron chi connectivity index (χ4n) is 2.88. The number of hydrogen-bond acceptors (Lipinski definition) is 5. The van der Waals surface area contributed by atoms with Gasteiger partial charge in [0, 0.05) is 24.9 Å². The van der Waals surface area contributed by atoms with Gasteiger partial charge in [0.15, 0.2) is 5.75 Å². The van der Waals surface area contributed by atoms with Gasteiger partial charge in [-0.05, 0) is 32.4 Å². The van der Waals surface area contributed by atoms with Crippen LogP contribution in [0.4, 0.5) is 0 Å². The van der Waals surface area contributed by atoms with Crippen LogP contribution in [-0.4, -0.2) is 15.7 Å². The van der Waals surface area contributed by atoms with Gasteiger partial charge < -0.3 is 9.15 Å². The van der Waals surface area contributed by atoms with E-state index >= 15 is 0 Å². The highest BCUT2D eigenvalue weighted by Gasteiger charge is 2.24. The minimum Gasteiger partial charge on any atom is -0.461 e. The van der Waals surface area contributed by atoms with Crippen LogP contribution in [0, 0.1) is 20.8 Å². The van der Waals surface area contributed by atoms with Crippen molar-refractivity contribution in [3.8, 4) is 16.9 Å². The molecule has 1 aromatic carbocycles. The fraction of sp³-hybridized carbons (Fsp3) is 0.278. The lowest BCUT2D eigenvalue weighted by atomic mass is 10.0. The van der Waals surface area contributed by atoms with E-state index in [0.29, 0.717) is 28.2 Å². The van der Waals surface area contributed by atoms with Crippen LogP contribution in [0.2, 0.25) is 0 Å². The predicted molar refractivity (Wildman–Crippen MR) is 90.2 cm³/mol. The lowest BCUT2D eigenvalue weighted by Gasteiger charge is -2.12. The van der Waals surface area contributed by atoms with E-state index in [-0.39, 0.29) is 11.3 Å². The number of carbonyl (C=O) groups excluding carboxylic acids is 1. The SMILES string of the molecule is CC(=O)Oc1c(C)nn(C)c(=O)c1-c1c(C)oc2cc(C)ccc12. The Kier molecular flexibility index (Phi) is 3.75. The molecule has 0 spiro atoms. The Labute approximate surface area is 138 Å². The first-order valence-corrected chi connectivity index (χ1v) is 7.56. The van der Waals surface area contributed by atoms with Gasteiger partial charge in [-0.1, -0.05) is 12.1 Å². The van der Waals surface area contributed by atoms with E-state index in [9.17, 15) is 9.59 Å². The van der Waals surface area contributed by atoms with Gasteiger partial charge >= 0.3 is 5.97 Å². The van der Waals surface area contributed by atoms with Gasteiger partial charge in [-0.2, -0.15) is 5.10 Å². The second-order valence-corrected chi connectivity index (χ2v) is 5.84. The largest absolute Gasteiger partial charge is 0.461 e. The number of rotatable bonds is 2. The van der Waals surface area contributed by atoms with Crippen LogP contribution in [0.15, 0.2) is 27.4 Å². The zero-order valence-electron chi connectivity index (χ0n) is 14.3. The predicted octanol–water partition coefficient (Wildman–Crippen LogP) is 3.04. The van der Waals surface area contributed by atoms with E-state index in [2.05, 4.69) is 5.10 Å². The minimum absolute atomic E-state index is 0.178. The molecule has 0 aliphatic carbocycles. The molecule has 2 aromatic heterocycles. The molecule has 3 rings (SSSR count). The van der Waals surface area contributed by atoms with E-state index in [0.717, 1.165) is 10.9 Å². The lowest BCUT2D eigenvalue weighted by Crippen LogP contribution is -2.24. The number of furan rings is 1. The number of ether oxygens (including phenoxy) is 1. The van der Waals surface area contributed by atoms with Crippen molar-refractivity contribution in [2.75, 3.05) is 0 Å². The first kappa shape index (κ1) is 16.0. The van der Waals surface area contributed by atoms with Crippen molar-refractivity contribution in [3.63, 3.8) is 0 Å². The van der Waals surface area contributed by atoms with E-state index in [1.807, 2.05) is 25.1 Å². The van der Waals surface area contributed by atoms with Crippen LogP contribution in [0.25, 0.3) is 22.1 Å². The molecule has 2 heterocycles. The summed E-state index contributed by atoms with van der Waals surface area (Å²) in [6, 6.07) is 5.77. The van der Waals surface area contributed by atoms with Crippen LogP contribution in [0.5, 0.6) is 5.75 Å². The molecule has 0 atom stereocenters. The molecule has 0 unspecified atom stereocenters. The molecule has 0 fully saturated rings. The highest BCUT2D eigenvalue weighted by atomic mass is 16.5.